The fourth-order valence-corrected chi connectivity index (χ4v) is 2.21. The number of hydrogen-bond donors (Lipinski definition) is 2. The molecule has 1 aliphatic rings. The summed E-state index contributed by atoms with van der Waals surface area (Å²) in [5.41, 5.74) is 0.518. The highest BCUT2D eigenvalue weighted by atomic mass is 35.5. The Labute approximate surface area is 138 Å². The standard InChI is InChI=1S/C16H24N2O3.ClH/c1-11-14(17-9-10-20-11)15(19)18-12-5-7-13(8-6-12)21-16(2,3)4;/h5-8,11,14,17H,9-10H2,1-4H3,(H,18,19);1H/t11-,14+;/m1./s1. The Balaban J connectivity index is 0.00000242. The molecule has 5 nitrogen and oxygen atoms in total. The molecule has 2 rings (SSSR count). The lowest BCUT2D eigenvalue weighted by atomic mass is 10.1. The van der Waals surface area contributed by atoms with E-state index in [0.717, 1.165) is 11.4 Å². The molecular weight excluding hydrogens is 304 g/mol. The van der Waals surface area contributed by atoms with Gasteiger partial charge >= 0.3 is 0 Å². The molecule has 1 saturated heterocycles. The van der Waals surface area contributed by atoms with Crippen LogP contribution in [0.25, 0.3) is 0 Å². The van der Waals surface area contributed by atoms with Crippen LogP contribution >= 0.6 is 12.4 Å². The predicted octanol–water partition coefficient (Wildman–Crippen LogP) is 2.60. The van der Waals surface area contributed by atoms with Crippen molar-refractivity contribution < 1.29 is 14.3 Å². The molecule has 22 heavy (non-hydrogen) atoms. The van der Waals surface area contributed by atoms with Gasteiger partial charge in [0.15, 0.2) is 0 Å². The van der Waals surface area contributed by atoms with E-state index >= 15 is 0 Å². The van der Waals surface area contributed by atoms with Crippen molar-refractivity contribution in [2.24, 2.45) is 0 Å². The molecule has 1 aromatic rings. The van der Waals surface area contributed by atoms with Gasteiger partial charge in [0.2, 0.25) is 5.91 Å². The van der Waals surface area contributed by atoms with Crippen molar-refractivity contribution in [2.45, 2.75) is 45.4 Å². The van der Waals surface area contributed by atoms with E-state index in [0.29, 0.717) is 13.2 Å². The van der Waals surface area contributed by atoms with Gasteiger partial charge in [0.05, 0.1) is 12.7 Å². The van der Waals surface area contributed by atoms with Gasteiger partial charge in [-0.05, 0) is 52.0 Å². The summed E-state index contributed by atoms with van der Waals surface area (Å²) >= 11 is 0. The number of rotatable bonds is 3. The number of hydrogen-bond acceptors (Lipinski definition) is 4. The molecule has 0 unspecified atom stereocenters. The predicted molar refractivity (Wildman–Crippen MR) is 89.9 cm³/mol. The Morgan fingerprint density at radius 2 is 1.95 bits per heavy atom. The van der Waals surface area contributed by atoms with Crippen LogP contribution in [0.15, 0.2) is 24.3 Å². The fourth-order valence-electron chi connectivity index (χ4n) is 2.21. The van der Waals surface area contributed by atoms with Crippen molar-refractivity contribution >= 4 is 24.0 Å². The fraction of sp³-hybridized carbons (Fsp3) is 0.562. The van der Waals surface area contributed by atoms with Crippen molar-refractivity contribution in [1.82, 2.24) is 5.32 Å². The maximum Gasteiger partial charge on any atom is 0.244 e. The van der Waals surface area contributed by atoms with Gasteiger partial charge in [-0.1, -0.05) is 0 Å². The van der Waals surface area contributed by atoms with Crippen LogP contribution in [0.1, 0.15) is 27.7 Å². The van der Waals surface area contributed by atoms with Gasteiger partial charge in [-0.3, -0.25) is 4.79 Å². The molecule has 2 N–H and O–H groups in total. The summed E-state index contributed by atoms with van der Waals surface area (Å²) in [5, 5.41) is 6.06. The first-order chi connectivity index (χ1) is 9.85. The minimum atomic E-state index is -0.316. The topological polar surface area (TPSA) is 59.6 Å². The second-order valence-corrected chi connectivity index (χ2v) is 6.24. The lowest BCUT2D eigenvalue weighted by Gasteiger charge is -2.29. The van der Waals surface area contributed by atoms with Crippen LogP contribution in [0, 0.1) is 0 Å². The first-order valence-electron chi connectivity index (χ1n) is 7.30. The van der Waals surface area contributed by atoms with Crippen LogP contribution in [0.5, 0.6) is 5.75 Å². The number of nitrogens with one attached hydrogen (secondary N) is 2. The molecule has 124 valence electrons. The Hall–Kier alpha value is -1.30. The molecule has 0 aromatic heterocycles. The van der Waals surface area contributed by atoms with Crippen LogP contribution < -0.4 is 15.4 Å². The third-order valence-electron chi connectivity index (χ3n) is 3.14. The summed E-state index contributed by atoms with van der Waals surface area (Å²) in [6.07, 6.45) is -0.123. The smallest absolute Gasteiger partial charge is 0.244 e. The second-order valence-electron chi connectivity index (χ2n) is 6.24. The molecule has 0 aliphatic carbocycles. The first kappa shape index (κ1) is 18.7. The summed E-state index contributed by atoms with van der Waals surface area (Å²) < 4.78 is 11.2. The SMILES string of the molecule is C[C@H]1OCCN[C@@H]1C(=O)Nc1ccc(OC(C)(C)C)cc1.Cl. The Kier molecular flexibility index (Phi) is 6.66. The van der Waals surface area contributed by atoms with E-state index < -0.39 is 0 Å². The first-order valence-corrected chi connectivity index (χ1v) is 7.30. The zero-order chi connectivity index (χ0) is 15.5. The van der Waals surface area contributed by atoms with Crippen LogP contribution in [-0.2, 0) is 9.53 Å². The molecule has 0 bridgehead atoms. The van der Waals surface area contributed by atoms with Gasteiger partial charge in [-0.2, -0.15) is 0 Å². The number of anilines is 1. The van der Waals surface area contributed by atoms with Gasteiger partial charge < -0.3 is 20.1 Å². The monoisotopic (exact) mass is 328 g/mol. The Bertz CT molecular complexity index is 485. The molecule has 2 atom stereocenters. The highest BCUT2D eigenvalue weighted by Gasteiger charge is 2.28. The lowest BCUT2D eigenvalue weighted by molar-refractivity contribution is -0.123. The lowest BCUT2D eigenvalue weighted by Crippen LogP contribution is -2.53. The van der Waals surface area contributed by atoms with E-state index in [9.17, 15) is 4.79 Å². The maximum absolute atomic E-state index is 12.2. The maximum atomic E-state index is 12.2. The molecule has 0 radical (unpaired) electrons. The summed E-state index contributed by atoms with van der Waals surface area (Å²) in [7, 11) is 0. The largest absolute Gasteiger partial charge is 0.488 e. The summed E-state index contributed by atoms with van der Waals surface area (Å²) in [6.45, 7) is 9.23. The zero-order valence-corrected chi connectivity index (χ0v) is 14.3. The molecule has 6 heteroatoms. The van der Waals surface area contributed by atoms with E-state index in [1.165, 1.54) is 0 Å². The number of halogens is 1. The molecule has 0 spiro atoms. The number of carbonyl (C=O) groups excluding carboxylic acids is 1. The molecular formula is C16H25ClN2O3. The number of amides is 1. The van der Waals surface area contributed by atoms with Crippen LogP contribution in [0.2, 0.25) is 0 Å². The Morgan fingerprint density at radius 3 is 2.50 bits per heavy atom. The summed E-state index contributed by atoms with van der Waals surface area (Å²) in [5.74, 6) is 0.708. The number of ether oxygens (including phenoxy) is 2. The number of morpholine rings is 1. The normalized spacial score (nSPS) is 21.6. The molecule has 0 saturated carbocycles. The van der Waals surface area contributed by atoms with Crippen molar-refractivity contribution in [3.8, 4) is 5.75 Å². The molecule has 1 amide bonds. The van der Waals surface area contributed by atoms with E-state index in [1.807, 2.05) is 52.0 Å². The zero-order valence-electron chi connectivity index (χ0n) is 13.5. The second kappa shape index (κ2) is 7.81. The average molecular weight is 329 g/mol. The van der Waals surface area contributed by atoms with Crippen molar-refractivity contribution in [2.75, 3.05) is 18.5 Å². The minimum absolute atomic E-state index is 0. The van der Waals surface area contributed by atoms with Gasteiger partial charge in [0.1, 0.15) is 17.4 Å². The van der Waals surface area contributed by atoms with E-state index in [-0.39, 0.29) is 36.1 Å². The van der Waals surface area contributed by atoms with Crippen LogP contribution in [0.4, 0.5) is 5.69 Å². The number of benzene rings is 1. The van der Waals surface area contributed by atoms with E-state index in [1.54, 1.807) is 0 Å². The minimum Gasteiger partial charge on any atom is -0.488 e. The highest BCUT2D eigenvalue weighted by molar-refractivity contribution is 5.95. The Morgan fingerprint density at radius 1 is 1.32 bits per heavy atom. The van der Waals surface area contributed by atoms with Crippen molar-refractivity contribution in [3.63, 3.8) is 0 Å². The highest BCUT2D eigenvalue weighted by Crippen LogP contribution is 2.20. The van der Waals surface area contributed by atoms with Crippen LogP contribution in [0.3, 0.4) is 0 Å². The quantitative estimate of drug-likeness (QED) is 0.895. The van der Waals surface area contributed by atoms with Crippen LogP contribution in [-0.4, -0.2) is 36.8 Å². The van der Waals surface area contributed by atoms with E-state index in [4.69, 9.17) is 9.47 Å². The summed E-state index contributed by atoms with van der Waals surface area (Å²) in [4.78, 5) is 12.2. The van der Waals surface area contributed by atoms with Gasteiger partial charge in [0.25, 0.3) is 0 Å². The third-order valence-corrected chi connectivity index (χ3v) is 3.14. The van der Waals surface area contributed by atoms with E-state index in [2.05, 4.69) is 10.6 Å². The molecule has 1 heterocycles. The van der Waals surface area contributed by atoms with Gasteiger partial charge in [0, 0.05) is 12.2 Å². The van der Waals surface area contributed by atoms with Crippen molar-refractivity contribution in [1.29, 1.82) is 0 Å². The molecule has 1 aromatic carbocycles. The molecule has 1 fully saturated rings. The van der Waals surface area contributed by atoms with Gasteiger partial charge in [-0.25, -0.2) is 0 Å². The molecule has 1 aliphatic heterocycles. The average Bonchev–Trinajstić information content (AvgIpc) is 2.40. The third kappa shape index (κ3) is 5.48. The van der Waals surface area contributed by atoms with Gasteiger partial charge in [-0.15, -0.1) is 12.4 Å². The number of carbonyl (C=O) groups is 1. The van der Waals surface area contributed by atoms with Crippen molar-refractivity contribution in [3.05, 3.63) is 24.3 Å². The summed E-state index contributed by atoms with van der Waals surface area (Å²) in [6, 6.07) is 7.08.